The Balaban J connectivity index is 1.46. The Labute approximate surface area is 225 Å². The first-order valence-corrected chi connectivity index (χ1v) is 14.2. The minimum Gasteiger partial charge on any atom is -0.491 e. The van der Waals surface area contributed by atoms with Crippen molar-refractivity contribution in [3.05, 3.63) is 47.2 Å². The molecule has 202 valence electrons. The van der Waals surface area contributed by atoms with Crippen molar-refractivity contribution < 1.29 is 9.53 Å². The van der Waals surface area contributed by atoms with Gasteiger partial charge in [0, 0.05) is 58.4 Å². The second-order valence-corrected chi connectivity index (χ2v) is 10.9. The van der Waals surface area contributed by atoms with Gasteiger partial charge in [0.05, 0.1) is 17.3 Å². The predicted octanol–water partition coefficient (Wildman–Crippen LogP) is 3.77. The molecule has 5 heterocycles. The van der Waals surface area contributed by atoms with E-state index in [0.717, 1.165) is 87.1 Å². The number of ether oxygens (including phenoxy) is 1. The van der Waals surface area contributed by atoms with E-state index >= 15 is 0 Å². The minimum atomic E-state index is -0.0829. The molecule has 0 aliphatic carbocycles. The van der Waals surface area contributed by atoms with Crippen LogP contribution in [0.25, 0.3) is 5.65 Å². The largest absolute Gasteiger partial charge is 0.491 e. The molecule has 1 atom stereocenters. The van der Waals surface area contributed by atoms with Gasteiger partial charge in [-0.2, -0.15) is 9.61 Å². The smallest absolute Gasteiger partial charge is 0.258 e. The maximum absolute atomic E-state index is 14.1. The lowest BCUT2D eigenvalue weighted by Crippen LogP contribution is -2.39. The number of aromatic nitrogens is 3. The maximum Gasteiger partial charge on any atom is 0.258 e. The van der Waals surface area contributed by atoms with Gasteiger partial charge in [-0.3, -0.25) is 9.69 Å². The average molecular weight is 518 g/mol. The molecule has 0 radical (unpaired) electrons. The van der Waals surface area contributed by atoms with Gasteiger partial charge in [-0.15, -0.1) is 0 Å². The van der Waals surface area contributed by atoms with Gasteiger partial charge in [-0.25, -0.2) is 4.98 Å². The highest BCUT2D eigenvalue weighted by molar-refractivity contribution is 5.97. The lowest BCUT2D eigenvalue weighted by Gasteiger charge is -2.35. The van der Waals surface area contributed by atoms with Crippen molar-refractivity contribution in [1.82, 2.24) is 24.4 Å². The molecule has 38 heavy (non-hydrogen) atoms. The Morgan fingerprint density at radius 1 is 1.00 bits per heavy atom. The molecular formula is C29H39N7O2. The number of rotatable bonds is 2. The molecule has 6 rings (SSSR count). The molecule has 0 N–H and O–H groups in total. The summed E-state index contributed by atoms with van der Waals surface area (Å²) in [6.07, 6.45) is 4.17. The first kappa shape index (κ1) is 25.0. The van der Waals surface area contributed by atoms with E-state index in [2.05, 4.69) is 40.8 Å². The van der Waals surface area contributed by atoms with Crippen molar-refractivity contribution in [3.63, 3.8) is 0 Å². The Morgan fingerprint density at radius 2 is 1.87 bits per heavy atom. The fourth-order valence-electron chi connectivity index (χ4n) is 5.80. The van der Waals surface area contributed by atoms with E-state index in [9.17, 15) is 4.79 Å². The molecule has 2 saturated heterocycles. The summed E-state index contributed by atoms with van der Waals surface area (Å²) in [4.78, 5) is 28.1. The zero-order valence-electron chi connectivity index (χ0n) is 22.9. The predicted molar refractivity (Wildman–Crippen MR) is 150 cm³/mol. The van der Waals surface area contributed by atoms with E-state index in [1.54, 1.807) is 0 Å². The normalized spacial score (nSPS) is 21.3. The molecule has 1 aromatic carbocycles. The molecule has 3 aliphatic heterocycles. The minimum absolute atomic E-state index is 0.0245. The molecule has 9 nitrogen and oxygen atoms in total. The van der Waals surface area contributed by atoms with Crippen LogP contribution >= 0.6 is 0 Å². The lowest BCUT2D eigenvalue weighted by molar-refractivity contribution is 0.0600. The quantitative estimate of drug-likeness (QED) is 0.513. The van der Waals surface area contributed by atoms with Crippen molar-refractivity contribution in [2.75, 3.05) is 69.3 Å². The molecular weight excluding hydrogens is 478 g/mol. The number of carbonyl (C=O) groups excluding carboxylic acids is 1. The highest BCUT2D eigenvalue weighted by atomic mass is 16.5. The number of anilines is 2. The van der Waals surface area contributed by atoms with Gasteiger partial charge < -0.3 is 19.4 Å². The summed E-state index contributed by atoms with van der Waals surface area (Å²) in [5.74, 6) is 2.74. The van der Waals surface area contributed by atoms with Crippen molar-refractivity contribution in [2.24, 2.45) is 0 Å². The summed E-state index contributed by atoms with van der Waals surface area (Å²) in [7, 11) is 2.14. The number of piperidine rings is 1. The number of amides is 1. The van der Waals surface area contributed by atoms with E-state index in [-0.39, 0.29) is 11.9 Å². The zero-order chi connectivity index (χ0) is 26.2. The fraction of sp³-hybridized carbons (Fsp3) is 0.552. The molecule has 1 amide bonds. The van der Waals surface area contributed by atoms with Crippen LogP contribution in [-0.2, 0) is 0 Å². The van der Waals surface area contributed by atoms with E-state index in [0.29, 0.717) is 24.5 Å². The third-order valence-electron chi connectivity index (χ3n) is 8.32. The summed E-state index contributed by atoms with van der Waals surface area (Å²) < 4.78 is 8.24. The van der Waals surface area contributed by atoms with Gasteiger partial charge in [0.15, 0.2) is 5.65 Å². The van der Waals surface area contributed by atoms with E-state index in [1.807, 2.05) is 34.5 Å². The summed E-state index contributed by atoms with van der Waals surface area (Å²) in [5, 5.41) is 5.10. The van der Waals surface area contributed by atoms with Gasteiger partial charge in [-0.1, -0.05) is 18.6 Å². The number of hydrogen-bond donors (Lipinski definition) is 0. The van der Waals surface area contributed by atoms with Gasteiger partial charge in [0.2, 0.25) is 0 Å². The zero-order valence-corrected chi connectivity index (χ0v) is 22.9. The van der Waals surface area contributed by atoms with Gasteiger partial charge in [0.25, 0.3) is 5.91 Å². The Bertz CT molecular complexity index is 1320. The Kier molecular flexibility index (Phi) is 6.86. The standard InChI is InChI=1S/C29H39N7O2/c1-4-33-15-14-32(3)28-20-26(34-11-7-12-34)30-27-19-23(31-36(27)28)24-8-5-6-13-35(24)29(37)22-18-21(2)9-10-25(22)38-17-16-33/h9-10,18-20,24H,4-8,11-17H2,1-3H3. The SMILES string of the molecule is CCN1CCOc2ccc(C)cc2C(=O)N2CCCCC2c2cc3nc(N4CCC4)cc(n3n2)N(C)CC1. The average Bonchev–Trinajstić information content (AvgIpc) is 3.33. The third kappa shape index (κ3) is 4.68. The van der Waals surface area contributed by atoms with Crippen LogP contribution < -0.4 is 14.5 Å². The van der Waals surface area contributed by atoms with Gasteiger partial charge >= 0.3 is 0 Å². The monoisotopic (exact) mass is 517 g/mol. The first-order chi connectivity index (χ1) is 18.5. The third-order valence-corrected chi connectivity index (χ3v) is 8.32. The number of hydrogen-bond acceptors (Lipinski definition) is 7. The van der Waals surface area contributed by atoms with Crippen LogP contribution in [-0.4, -0.2) is 89.8 Å². The summed E-state index contributed by atoms with van der Waals surface area (Å²) in [6, 6.07) is 10.1. The van der Waals surface area contributed by atoms with Crippen LogP contribution in [0.5, 0.6) is 5.75 Å². The Hall–Kier alpha value is -3.33. The summed E-state index contributed by atoms with van der Waals surface area (Å²) >= 11 is 0. The maximum atomic E-state index is 14.1. The highest BCUT2D eigenvalue weighted by Gasteiger charge is 2.33. The van der Waals surface area contributed by atoms with Crippen molar-refractivity contribution in [3.8, 4) is 5.75 Å². The van der Waals surface area contributed by atoms with Crippen molar-refractivity contribution in [1.29, 1.82) is 0 Å². The Morgan fingerprint density at radius 3 is 2.66 bits per heavy atom. The van der Waals surface area contributed by atoms with Crippen LogP contribution in [0, 0.1) is 6.92 Å². The van der Waals surface area contributed by atoms with Crippen LogP contribution in [0.15, 0.2) is 30.3 Å². The molecule has 2 aromatic heterocycles. The number of benzene rings is 1. The number of nitrogens with zero attached hydrogens (tertiary/aromatic N) is 7. The highest BCUT2D eigenvalue weighted by Crippen LogP contribution is 2.35. The molecule has 9 heteroatoms. The molecule has 2 bridgehead atoms. The number of fused-ring (bicyclic) bond motifs is 4. The lowest BCUT2D eigenvalue weighted by atomic mass is 9.97. The summed E-state index contributed by atoms with van der Waals surface area (Å²) in [6.45, 7) is 11.1. The van der Waals surface area contributed by atoms with Crippen LogP contribution in [0.2, 0.25) is 0 Å². The van der Waals surface area contributed by atoms with Crippen LogP contribution in [0.3, 0.4) is 0 Å². The van der Waals surface area contributed by atoms with E-state index in [4.69, 9.17) is 14.8 Å². The molecule has 1 unspecified atom stereocenters. The molecule has 0 saturated carbocycles. The van der Waals surface area contributed by atoms with E-state index in [1.165, 1.54) is 6.42 Å². The van der Waals surface area contributed by atoms with Crippen LogP contribution in [0.4, 0.5) is 11.6 Å². The van der Waals surface area contributed by atoms with Crippen molar-refractivity contribution >= 4 is 23.2 Å². The molecule has 3 aromatic rings. The fourth-order valence-corrected chi connectivity index (χ4v) is 5.80. The van der Waals surface area contributed by atoms with E-state index < -0.39 is 0 Å². The second-order valence-electron chi connectivity index (χ2n) is 10.9. The topological polar surface area (TPSA) is 69.5 Å². The van der Waals surface area contributed by atoms with Gasteiger partial charge in [-0.05, 0) is 51.3 Å². The molecule has 0 spiro atoms. The van der Waals surface area contributed by atoms with Crippen LogP contribution in [0.1, 0.15) is 60.3 Å². The summed E-state index contributed by atoms with van der Waals surface area (Å²) in [5.41, 5.74) is 3.47. The number of carbonyl (C=O) groups is 1. The van der Waals surface area contributed by atoms with Gasteiger partial charge in [0.1, 0.15) is 24.0 Å². The molecule has 2 fully saturated rings. The molecule has 3 aliphatic rings. The van der Waals surface area contributed by atoms with Crippen molar-refractivity contribution in [2.45, 2.75) is 45.6 Å². The number of likely N-dealkylation sites (N-methyl/N-ethyl adjacent to an activating group) is 2. The second kappa shape index (κ2) is 10.4. The number of aryl methyl sites for hydroxylation is 1. The first-order valence-electron chi connectivity index (χ1n) is 14.2.